The van der Waals surface area contributed by atoms with E-state index in [1.54, 1.807) is 0 Å². The smallest absolute Gasteiger partial charge is 0.242 e. The fourth-order valence-corrected chi connectivity index (χ4v) is 0.990. The Morgan fingerprint density at radius 2 is 2.20 bits per heavy atom. The lowest BCUT2D eigenvalue weighted by molar-refractivity contribution is -0.118. The summed E-state index contributed by atoms with van der Waals surface area (Å²) in [5.74, 6) is -0.788. The van der Waals surface area contributed by atoms with Gasteiger partial charge in [-0.15, -0.1) is 0 Å². The summed E-state index contributed by atoms with van der Waals surface area (Å²) < 4.78 is 12.7. The number of carbonyl (C=O) groups is 1. The maximum absolute atomic E-state index is 12.7. The largest absolute Gasteiger partial charge is 0.320 e. The second kappa shape index (κ2) is 4.84. The predicted molar refractivity (Wildman–Crippen MR) is 55.6 cm³/mol. The van der Waals surface area contributed by atoms with Crippen molar-refractivity contribution in [3.63, 3.8) is 0 Å². The van der Waals surface area contributed by atoms with Crippen LogP contribution in [0.2, 0.25) is 0 Å². The van der Waals surface area contributed by atoms with E-state index in [-0.39, 0.29) is 17.6 Å². The second-order valence-corrected chi connectivity index (χ2v) is 3.60. The van der Waals surface area contributed by atoms with E-state index in [0.29, 0.717) is 0 Å². The molecule has 0 bridgehead atoms. The molecule has 0 fully saturated rings. The first kappa shape index (κ1) is 11.6. The quantitative estimate of drug-likeness (QED) is 0.737. The van der Waals surface area contributed by atoms with E-state index in [2.05, 4.69) is 10.3 Å². The Kier molecular flexibility index (Phi) is 3.74. The SMILES string of the molecule is CC(C)C(N)C(=O)Nc1cccc(F)n1. The molecule has 1 unspecified atom stereocenters. The van der Waals surface area contributed by atoms with Crippen molar-refractivity contribution in [1.29, 1.82) is 0 Å². The normalized spacial score (nSPS) is 12.6. The molecule has 1 amide bonds. The summed E-state index contributed by atoms with van der Waals surface area (Å²) in [5.41, 5.74) is 5.61. The van der Waals surface area contributed by atoms with E-state index < -0.39 is 12.0 Å². The maximum atomic E-state index is 12.7. The molecule has 1 heterocycles. The fraction of sp³-hybridized carbons (Fsp3) is 0.400. The third-order valence-corrected chi connectivity index (χ3v) is 1.99. The molecule has 1 aromatic rings. The molecule has 0 saturated carbocycles. The van der Waals surface area contributed by atoms with Crippen LogP contribution in [0.15, 0.2) is 18.2 Å². The van der Waals surface area contributed by atoms with Gasteiger partial charge in [0.2, 0.25) is 11.9 Å². The molecule has 0 saturated heterocycles. The highest BCUT2D eigenvalue weighted by molar-refractivity contribution is 5.93. The van der Waals surface area contributed by atoms with Gasteiger partial charge in [-0.05, 0) is 18.1 Å². The van der Waals surface area contributed by atoms with E-state index >= 15 is 0 Å². The number of hydrogen-bond acceptors (Lipinski definition) is 3. The zero-order chi connectivity index (χ0) is 11.4. The Morgan fingerprint density at radius 1 is 1.53 bits per heavy atom. The average molecular weight is 211 g/mol. The molecule has 5 heteroatoms. The number of anilines is 1. The van der Waals surface area contributed by atoms with Crippen LogP contribution in [0.1, 0.15) is 13.8 Å². The molecule has 3 N–H and O–H groups in total. The van der Waals surface area contributed by atoms with Gasteiger partial charge in [0, 0.05) is 0 Å². The van der Waals surface area contributed by atoms with Gasteiger partial charge >= 0.3 is 0 Å². The Balaban J connectivity index is 2.66. The third kappa shape index (κ3) is 3.28. The van der Waals surface area contributed by atoms with Crippen LogP contribution in [0.25, 0.3) is 0 Å². The molecule has 0 aromatic carbocycles. The maximum Gasteiger partial charge on any atom is 0.242 e. The molecule has 0 aliphatic heterocycles. The van der Waals surface area contributed by atoms with Crippen molar-refractivity contribution >= 4 is 11.7 Å². The van der Waals surface area contributed by atoms with Gasteiger partial charge in [-0.25, -0.2) is 4.98 Å². The highest BCUT2D eigenvalue weighted by Crippen LogP contribution is 2.06. The Morgan fingerprint density at radius 3 is 2.73 bits per heavy atom. The van der Waals surface area contributed by atoms with Gasteiger partial charge in [-0.1, -0.05) is 19.9 Å². The van der Waals surface area contributed by atoms with Gasteiger partial charge in [0.25, 0.3) is 0 Å². The number of carbonyl (C=O) groups excluding carboxylic acids is 1. The van der Waals surface area contributed by atoms with Crippen LogP contribution in [-0.2, 0) is 4.79 Å². The number of rotatable bonds is 3. The third-order valence-electron chi connectivity index (χ3n) is 1.99. The number of aromatic nitrogens is 1. The number of nitrogens with one attached hydrogen (secondary N) is 1. The predicted octanol–water partition coefficient (Wildman–Crippen LogP) is 1.14. The van der Waals surface area contributed by atoms with Gasteiger partial charge in [-0.3, -0.25) is 4.79 Å². The number of halogens is 1. The van der Waals surface area contributed by atoms with Crippen LogP contribution in [0.5, 0.6) is 0 Å². The van der Waals surface area contributed by atoms with Crippen LogP contribution in [0.4, 0.5) is 10.2 Å². The van der Waals surface area contributed by atoms with Crippen LogP contribution < -0.4 is 11.1 Å². The average Bonchev–Trinajstić information content (AvgIpc) is 2.16. The number of nitrogens with zero attached hydrogens (tertiary/aromatic N) is 1. The minimum absolute atomic E-state index is 0.0264. The first-order valence-electron chi connectivity index (χ1n) is 4.69. The number of hydrogen-bond donors (Lipinski definition) is 2. The summed E-state index contributed by atoms with van der Waals surface area (Å²) in [6, 6.07) is 3.57. The first-order chi connectivity index (χ1) is 7.00. The molecule has 15 heavy (non-hydrogen) atoms. The Hall–Kier alpha value is -1.49. The molecule has 0 aliphatic carbocycles. The van der Waals surface area contributed by atoms with Gasteiger partial charge in [0.1, 0.15) is 5.82 Å². The molecule has 0 aliphatic rings. The summed E-state index contributed by atoms with van der Waals surface area (Å²) >= 11 is 0. The number of pyridine rings is 1. The molecular formula is C10H14FN3O. The lowest BCUT2D eigenvalue weighted by atomic mass is 10.1. The highest BCUT2D eigenvalue weighted by atomic mass is 19.1. The van der Waals surface area contributed by atoms with E-state index in [0.717, 1.165) is 0 Å². The topological polar surface area (TPSA) is 68.0 Å². The van der Waals surface area contributed by atoms with Crippen molar-refractivity contribution in [3.8, 4) is 0 Å². The van der Waals surface area contributed by atoms with Crippen molar-refractivity contribution in [2.75, 3.05) is 5.32 Å². The van der Waals surface area contributed by atoms with Crippen LogP contribution >= 0.6 is 0 Å². The van der Waals surface area contributed by atoms with Crippen LogP contribution in [0.3, 0.4) is 0 Å². The molecule has 0 spiro atoms. The number of amides is 1. The Labute approximate surface area is 87.7 Å². The fourth-order valence-electron chi connectivity index (χ4n) is 0.990. The Bertz CT molecular complexity index is 354. The zero-order valence-electron chi connectivity index (χ0n) is 8.70. The first-order valence-corrected chi connectivity index (χ1v) is 4.69. The zero-order valence-corrected chi connectivity index (χ0v) is 8.70. The van der Waals surface area contributed by atoms with Crippen molar-refractivity contribution < 1.29 is 9.18 Å². The lowest BCUT2D eigenvalue weighted by Gasteiger charge is -2.14. The minimum atomic E-state index is -0.633. The molecule has 1 aromatic heterocycles. The van der Waals surface area contributed by atoms with Crippen LogP contribution in [0, 0.1) is 11.9 Å². The van der Waals surface area contributed by atoms with Crippen molar-refractivity contribution in [2.24, 2.45) is 11.7 Å². The molecule has 82 valence electrons. The van der Waals surface area contributed by atoms with Gasteiger partial charge in [-0.2, -0.15) is 4.39 Å². The van der Waals surface area contributed by atoms with Crippen molar-refractivity contribution in [3.05, 3.63) is 24.1 Å². The molecule has 4 nitrogen and oxygen atoms in total. The molecule has 0 radical (unpaired) electrons. The molecule has 1 rings (SSSR count). The molecule has 1 atom stereocenters. The summed E-state index contributed by atoms with van der Waals surface area (Å²) in [7, 11) is 0. The van der Waals surface area contributed by atoms with E-state index in [1.807, 2.05) is 13.8 Å². The van der Waals surface area contributed by atoms with E-state index in [4.69, 9.17) is 5.73 Å². The van der Waals surface area contributed by atoms with E-state index in [1.165, 1.54) is 18.2 Å². The minimum Gasteiger partial charge on any atom is -0.320 e. The van der Waals surface area contributed by atoms with E-state index in [9.17, 15) is 9.18 Å². The lowest BCUT2D eigenvalue weighted by Crippen LogP contribution is -2.39. The second-order valence-electron chi connectivity index (χ2n) is 3.60. The van der Waals surface area contributed by atoms with Gasteiger partial charge < -0.3 is 11.1 Å². The summed E-state index contributed by atoms with van der Waals surface area (Å²) in [4.78, 5) is 15.0. The van der Waals surface area contributed by atoms with Gasteiger partial charge in [0.15, 0.2) is 0 Å². The number of nitrogens with two attached hydrogens (primary N) is 1. The van der Waals surface area contributed by atoms with Gasteiger partial charge in [0.05, 0.1) is 6.04 Å². The summed E-state index contributed by atoms with van der Waals surface area (Å²) in [6.07, 6.45) is 0. The van der Waals surface area contributed by atoms with Crippen molar-refractivity contribution in [2.45, 2.75) is 19.9 Å². The monoisotopic (exact) mass is 211 g/mol. The summed E-state index contributed by atoms with van der Waals surface area (Å²) in [5, 5.41) is 2.45. The summed E-state index contributed by atoms with van der Waals surface area (Å²) in [6.45, 7) is 3.67. The molecular weight excluding hydrogens is 197 g/mol. The standard InChI is InChI=1S/C10H14FN3O/c1-6(2)9(12)10(15)14-8-5-3-4-7(11)13-8/h3-6,9H,12H2,1-2H3,(H,13,14,15). The highest BCUT2D eigenvalue weighted by Gasteiger charge is 2.17. The van der Waals surface area contributed by atoms with Crippen LogP contribution in [-0.4, -0.2) is 16.9 Å². The van der Waals surface area contributed by atoms with Crippen molar-refractivity contribution in [1.82, 2.24) is 4.98 Å².